The van der Waals surface area contributed by atoms with Gasteiger partial charge in [-0.25, -0.2) is 9.07 Å². The van der Waals surface area contributed by atoms with E-state index in [1.807, 2.05) is 4.68 Å². The molecule has 6 nitrogen and oxygen atoms in total. The molecule has 146 valence electrons. The summed E-state index contributed by atoms with van der Waals surface area (Å²) >= 11 is 12.1. The lowest BCUT2D eigenvalue weighted by Gasteiger charge is -2.31. The van der Waals surface area contributed by atoms with E-state index in [2.05, 4.69) is 20.5 Å². The Morgan fingerprint density at radius 2 is 2.00 bits per heavy atom. The van der Waals surface area contributed by atoms with Crippen molar-refractivity contribution in [2.75, 3.05) is 25.0 Å². The number of hydrogen-bond donors (Lipinski definition) is 1. The quantitative estimate of drug-likeness (QED) is 0.686. The number of benzene rings is 2. The largest absolute Gasteiger partial charge is 0.324 e. The first-order chi connectivity index (χ1) is 13.5. The fourth-order valence-corrected chi connectivity index (χ4v) is 3.85. The Labute approximate surface area is 171 Å². The van der Waals surface area contributed by atoms with E-state index in [9.17, 15) is 9.18 Å². The highest BCUT2D eigenvalue weighted by Gasteiger charge is 2.24. The Kier molecular flexibility index (Phi) is 5.48. The SMILES string of the molecule is O=C(CN1CCC(n2nnc3cc(F)ccc32)CC1)Nc1cccc(Cl)c1Cl. The van der Waals surface area contributed by atoms with Gasteiger partial charge in [-0.2, -0.15) is 0 Å². The standard InChI is InChI=1S/C19H18Cl2FN5O/c20-14-2-1-3-15(19(14)21)23-18(28)11-26-8-6-13(7-9-26)27-17-5-4-12(22)10-16(17)24-25-27/h1-5,10,13H,6-9,11H2,(H,23,28). The van der Waals surface area contributed by atoms with Crippen molar-refractivity contribution < 1.29 is 9.18 Å². The zero-order valence-corrected chi connectivity index (χ0v) is 16.4. The summed E-state index contributed by atoms with van der Waals surface area (Å²) in [7, 11) is 0. The summed E-state index contributed by atoms with van der Waals surface area (Å²) in [5.41, 5.74) is 1.89. The van der Waals surface area contributed by atoms with Gasteiger partial charge in [0, 0.05) is 19.2 Å². The van der Waals surface area contributed by atoms with Crippen molar-refractivity contribution in [3.05, 3.63) is 52.3 Å². The molecule has 0 atom stereocenters. The van der Waals surface area contributed by atoms with Crippen LogP contribution in [0.5, 0.6) is 0 Å². The van der Waals surface area contributed by atoms with Crippen LogP contribution in [0.25, 0.3) is 11.0 Å². The van der Waals surface area contributed by atoms with E-state index in [1.165, 1.54) is 12.1 Å². The highest BCUT2D eigenvalue weighted by molar-refractivity contribution is 6.44. The molecule has 0 saturated carbocycles. The molecule has 1 aromatic heterocycles. The lowest BCUT2D eigenvalue weighted by atomic mass is 10.0. The first-order valence-electron chi connectivity index (χ1n) is 8.98. The molecule has 2 aromatic carbocycles. The van der Waals surface area contributed by atoms with E-state index in [0.717, 1.165) is 31.4 Å². The monoisotopic (exact) mass is 421 g/mol. The van der Waals surface area contributed by atoms with Crippen LogP contribution in [0.3, 0.4) is 0 Å². The Bertz CT molecular complexity index is 1020. The van der Waals surface area contributed by atoms with E-state index in [-0.39, 0.29) is 24.3 Å². The van der Waals surface area contributed by atoms with Gasteiger partial charge in [-0.3, -0.25) is 9.69 Å². The molecule has 4 rings (SSSR count). The highest BCUT2D eigenvalue weighted by atomic mass is 35.5. The maximum atomic E-state index is 13.3. The van der Waals surface area contributed by atoms with E-state index in [0.29, 0.717) is 21.2 Å². The molecule has 1 aliphatic rings. The first kappa shape index (κ1) is 19.1. The van der Waals surface area contributed by atoms with E-state index >= 15 is 0 Å². The summed E-state index contributed by atoms with van der Waals surface area (Å²) in [5, 5.41) is 11.8. The smallest absolute Gasteiger partial charge is 0.238 e. The number of nitrogens with one attached hydrogen (secondary N) is 1. The minimum Gasteiger partial charge on any atom is -0.324 e. The highest BCUT2D eigenvalue weighted by Crippen LogP contribution is 2.30. The van der Waals surface area contributed by atoms with Crippen LogP contribution in [0.2, 0.25) is 10.0 Å². The van der Waals surface area contributed by atoms with Gasteiger partial charge >= 0.3 is 0 Å². The molecular weight excluding hydrogens is 404 g/mol. The maximum absolute atomic E-state index is 13.3. The lowest BCUT2D eigenvalue weighted by molar-refractivity contribution is -0.117. The molecular formula is C19H18Cl2FN5O. The summed E-state index contributed by atoms with van der Waals surface area (Å²) in [4.78, 5) is 14.4. The summed E-state index contributed by atoms with van der Waals surface area (Å²) < 4.78 is 15.2. The van der Waals surface area contributed by atoms with Crippen LogP contribution in [-0.2, 0) is 4.79 Å². The van der Waals surface area contributed by atoms with Crippen molar-refractivity contribution >= 4 is 45.8 Å². The van der Waals surface area contributed by atoms with Crippen molar-refractivity contribution in [3.8, 4) is 0 Å². The Hall–Kier alpha value is -2.22. The molecule has 0 bridgehead atoms. The summed E-state index contributed by atoms with van der Waals surface area (Å²) in [5.74, 6) is -0.454. The predicted octanol–water partition coefficient (Wildman–Crippen LogP) is 4.15. The number of carbonyl (C=O) groups is 1. The van der Waals surface area contributed by atoms with E-state index in [4.69, 9.17) is 23.2 Å². The molecule has 9 heteroatoms. The second-order valence-electron chi connectivity index (χ2n) is 6.82. The number of piperidine rings is 1. The van der Waals surface area contributed by atoms with Gasteiger partial charge in [-0.1, -0.05) is 34.5 Å². The van der Waals surface area contributed by atoms with Crippen LogP contribution in [0.4, 0.5) is 10.1 Å². The summed E-state index contributed by atoms with van der Waals surface area (Å²) in [6.07, 6.45) is 1.67. The average Bonchev–Trinajstić information content (AvgIpc) is 3.09. The molecule has 2 heterocycles. The first-order valence-corrected chi connectivity index (χ1v) is 9.73. The fourth-order valence-electron chi connectivity index (χ4n) is 3.50. The molecule has 1 saturated heterocycles. The van der Waals surface area contributed by atoms with Crippen molar-refractivity contribution in [2.45, 2.75) is 18.9 Å². The number of fused-ring (bicyclic) bond motifs is 1. The van der Waals surface area contributed by atoms with Gasteiger partial charge < -0.3 is 5.32 Å². The van der Waals surface area contributed by atoms with Gasteiger partial charge in [0.2, 0.25) is 5.91 Å². The maximum Gasteiger partial charge on any atom is 0.238 e. The molecule has 1 amide bonds. The number of carbonyl (C=O) groups excluding carboxylic acids is 1. The van der Waals surface area contributed by atoms with Crippen LogP contribution in [0, 0.1) is 5.82 Å². The Morgan fingerprint density at radius 3 is 2.79 bits per heavy atom. The van der Waals surface area contributed by atoms with Crippen molar-refractivity contribution in [1.29, 1.82) is 0 Å². The molecule has 3 aromatic rings. The van der Waals surface area contributed by atoms with Crippen LogP contribution in [0.15, 0.2) is 36.4 Å². The Morgan fingerprint density at radius 1 is 1.21 bits per heavy atom. The lowest BCUT2D eigenvalue weighted by Crippen LogP contribution is -2.39. The second-order valence-corrected chi connectivity index (χ2v) is 7.61. The molecule has 0 aliphatic carbocycles. The van der Waals surface area contributed by atoms with Crippen LogP contribution >= 0.6 is 23.2 Å². The molecule has 1 fully saturated rings. The Balaban J connectivity index is 1.35. The molecule has 28 heavy (non-hydrogen) atoms. The number of likely N-dealkylation sites (tertiary alicyclic amines) is 1. The minimum absolute atomic E-state index is 0.135. The summed E-state index contributed by atoms with van der Waals surface area (Å²) in [6.45, 7) is 1.78. The van der Waals surface area contributed by atoms with Crippen molar-refractivity contribution in [2.24, 2.45) is 0 Å². The number of aromatic nitrogens is 3. The number of hydrogen-bond acceptors (Lipinski definition) is 4. The zero-order valence-electron chi connectivity index (χ0n) is 14.9. The van der Waals surface area contributed by atoms with Gasteiger partial charge in [0.1, 0.15) is 11.3 Å². The topological polar surface area (TPSA) is 63.1 Å². The zero-order chi connectivity index (χ0) is 19.7. The van der Waals surface area contributed by atoms with Gasteiger partial charge in [0.05, 0.1) is 33.8 Å². The number of amides is 1. The number of nitrogens with zero attached hydrogens (tertiary/aromatic N) is 4. The average molecular weight is 422 g/mol. The van der Waals surface area contributed by atoms with Gasteiger partial charge in [-0.05, 0) is 37.1 Å². The van der Waals surface area contributed by atoms with Crippen LogP contribution in [0.1, 0.15) is 18.9 Å². The number of anilines is 1. The molecule has 0 spiro atoms. The number of rotatable bonds is 4. The third kappa shape index (κ3) is 3.97. The van der Waals surface area contributed by atoms with Crippen LogP contribution < -0.4 is 5.32 Å². The molecule has 1 aliphatic heterocycles. The second kappa shape index (κ2) is 8.03. The van der Waals surface area contributed by atoms with Gasteiger partial charge in [-0.15, -0.1) is 5.10 Å². The third-order valence-electron chi connectivity index (χ3n) is 4.93. The normalized spacial score (nSPS) is 15.8. The van der Waals surface area contributed by atoms with E-state index < -0.39 is 0 Å². The van der Waals surface area contributed by atoms with Gasteiger partial charge in [0.25, 0.3) is 0 Å². The summed E-state index contributed by atoms with van der Waals surface area (Å²) in [6, 6.07) is 9.83. The third-order valence-corrected chi connectivity index (χ3v) is 5.75. The van der Waals surface area contributed by atoms with Crippen LogP contribution in [-0.4, -0.2) is 45.4 Å². The van der Waals surface area contributed by atoms with Crippen molar-refractivity contribution in [1.82, 2.24) is 19.9 Å². The van der Waals surface area contributed by atoms with Crippen molar-refractivity contribution in [3.63, 3.8) is 0 Å². The molecule has 0 unspecified atom stereocenters. The minimum atomic E-state index is -0.319. The van der Waals surface area contributed by atoms with Gasteiger partial charge in [0.15, 0.2) is 0 Å². The number of halogens is 3. The predicted molar refractivity (Wildman–Crippen MR) is 107 cm³/mol. The molecule has 1 N–H and O–H groups in total. The fraction of sp³-hybridized carbons (Fsp3) is 0.316. The van der Waals surface area contributed by atoms with E-state index in [1.54, 1.807) is 24.3 Å². The molecule has 0 radical (unpaired) electrons.